The van der Waals surface area contributed by atoms with E-state index in [-0.39, 0.29) is 0 Å². The molecule has 1 heteroatoms. The third kappa shape index (κ3) is 3.61. The second-order valence-corrected chi connectivity index (χ2v) is 6.33. The Kier molecular flexibility index (Phi) is 4.00. The number of hydrogen-bond acceptors (Lipinski definition) is 1. The van der Waals surface area contributed by atoms with Gasteiger partial charge in [-0.25, -0.2) is 0 Å². The molecular formula is C13H27N. The van der Waals surface area contributed by atoms with Crippen LogP contribution in [0, 0.1) is 17.3 Å². The van der Waals surface area contributed by atoms with Crippen molar-refractivity contribution in [1.82, 2.24) is 4.90 Å². The smallest absolute Gasteiger partial charge is 0.000439 e. The highest BCUT2D eigenvalue weighted by Gasteiger charge is 2.28. The molecule has 0 aliphatic carbocycles. The second kappa shape index (κ2) is 4.65. The van der Waals surface area contributed by atoms with Crippen LogP contribution in [-0.4, -0.2) is 24.5 Å². The SMILES string of the molecule is CC(C)CN1CCC(C(C)(C)C)CC1. The number of piperidine rings is 1. The zero-order valence-corrected chi connectivity index (χ0v) is 10.6. The van der Waals surface area contributed by atoms with Crippen LogP contribution in [0.4, 0.5) is 0 Å². The fourth-order valence-corrected chi connectivity index (χ4v) is 2.50. The van der Waals surface area contributed by atoms with Gasteiger partial charge in [-0.3, -0.25) is 0 Å². The van der Waals surface area contributed by atoms with Crippen LogP contribution in [0.15, 0.2) is 0 Å². The van der Waals surface area contributed by atoms with Crippen molar-refractivity contribution in [2.24, 2.45) is 17.3 Å². The predicted octanol–water partition coefficient (Wildman–Crippen LogP) is 3.40. The molecule has 0 saturated carbocycles. The fourth-order valence-electron chi connectivity index (χ4n) is 2.50. The van der Waals surface area contributed by atoms with E-state index in [1.54, 1.807) is 0 Å². The number of hydrogen-bond donors (Lipinski definition) is 0. The minimum atomic E-state index is 0.518. The minimum absolute atomic E-state index is 0.518. The Morgan fingerprint density at radius 1 is 1.14 bits per heavy atom. The summed E-state index contributed by atoms with van der Waals surface area (Å²) >= 11 is 0. The molecule has 0 N–H and O–H groups in total. The second-order valence-electron chi connectivity index (χ2n) is 6.33. The van der Waals surface area contributed by atoms with Crippen LogP contribution in [0.3, 0.4) is 0 Å². The van der Waals surface area contributed by atoms with Crippen LogP contribution in [-0.2, 0) is 0 Å². The Hall–Kier alpha value is -0.0400. The monoisotopic (exact) mass is 197 g/mol. The van der Waals surface area contributed by atoms with Gasteiger partial charge in [0.2, 0.25) is 0 Å². The van der Waals surface area contributed by atoms with Gasteiger partial charge in [0.05, 0.1) is 0 Å². The maximum Gasteiger partial charge on any atom is 0.000439 e. The van der Waals surface area contributed by atoms with Crippen molar-refractivity contribution in [3.05, 3.63) is 0 Å². The summed E-state index contributed by atoms with van der Waals surface area (Å²) in [5.74, 6) is 1.76. The highest BCUT2D eigenvalue weighted by Crippen LogP contribution is 2.34. The van der Waals surface area contributed by atoms with Gasteiger partial charge in [0.25, 0.3) is 0 Å². The van der Waals surface area contributed by atoms with Gasteiger partial charge < -0.3 is 4.90 Å². The molecule has 1 fully saturated rings. The fraction of sp³-hybridized carbons (Fsp3) is 1.00. The summed E-state index contributed by atoms with van der Waals surface area (Å²) in [6, 6.07) is 0. The summed E-state index contributed by atoms with van der Waals surface area (Å²) in [5.41, 5.74) is 0.518. The molecule has 0 spiro atoms. The lowest BCUT2D eigenvalue weighted by Crippen LogP contribution is -2.39. The molecule has 0 atom stereocenters. The van der Waals surface area contributed by atoms with E-state index in [0.29, 0.717) is 5.41 Å². The highest BCUT2D eigenvalue weighted by molar-refractivity contribution is 4.80. The molecular weight excluding hydrogens is 170 g/mol. The Bertz CT molecular complexity index is 159. The first-order valence-electron chi connectivity index (χ1n) is 6.12. The topological polar surface area (TPSA) is 3.24 Å². The third-order valence-electron chi connectivity index (χ3n) is 3.44. The molecule has 1 nitrogen and oxygen atoms in total. The summed E-state index contributed by atoms with van der Waals surface area (Å²) in [4.78, 5) is 2.63. The van der Waals surface area contributed by atoms with Crippen molar-refractivity contribution in [1.29, 1.82) is 0 Å². The molecule has 1 heterocycles. The molecule has 14 heavy (non-hydrogen) atoms. The molecule has 0 radical (unpaired) electrons. The Morgan fingerprint density at radius 2 is 1.64 bits per heavy atom. The van der Waals surface area contributed by atoms with Crippen LogP contribution in [0.1, 0.15) is 47.5 Å². The van der Waals surface area contributed by atoms with Gasteiger partial charge in [0.15, 0.2) is 0 Å². The van der Waals surface area contributed by atoms with Crippen molar-refractivity contribution in [3.63, 3.8) is 0 Å². The van der Waals surface area contributed by atoms with Crippen molar-refractivity contribution in [3.8, 4) is 0 Å². The third-order valence-corrected chi connectivity index (χ3v) is 3.44. The van der Waals surface area contributed by atoms with E-state index in [2.05, 4.69) is 39.5 Å². The maximum absolute atomic E-state index is 2.63. The molecule has 1 rings (SSSR count). The van der Waals surface area contributed by atoms with Crippen molar-refractivity contribution in [2.75, 3.05) is 19.6 Å². The van der Waals surface area contributed by atoms with Gasteiger partial charge >= 0.3 is 0 Å². The molecule has 0 aromatic heterocycles. The summed E-state index contributed by atoms with van der Waals surface area (Å²) in [5, 5.41) is 0. The molecule has 84 valence electrons. The summed E-state index contributed by atoms with van der Waals surface area (Å²) in [6.07, 6.45) is 2.80. The molecule has 0 aromatic rings. The Balaban J connectivity index is 2.31. The maximum atomic E-state index is 2.63. The minimum Gasteiger partial charge on any atom is -0.303 e. The van der Waals surface area contributed by atoms with E-state index in [4.69, 9.17) is 0 Å². The Morgan fingerprint density at radius 3 is 2.00 bits per heavy atom. The summed E-state index contributed by atoms with van der Waals surface area (Å²) in [7, 11) is 0. The quantitative estimate of drug-likeness (QED) is 0.656. The molecule has 0 bridgehead atoms. The lowest BCUT2D eigenvalue weighted by molar-refractivity contribution is 0.104. The van der Waals surface area contributed by atoms with E-state index in [1.807, 2.05) is 0 Å². The largest absolute Gasteiger partial charge is 0.303 e. The van der Waals surface area contributed by atoms with Gasteiger partial charge in [-0.15, -0.1) is 0 Å². The first-order chi connectivity index (χ1) is 6.39. The zero-order chi connectivity index (χ0) is 10.8. The molecule has 0 amide bonds. The first-order valence-corrected chi connectivity index (χ1v) is 6.12. The number of likely N-dealkylation sites (tertiary alicyclic amines) is 1. The average molecular weight is 197 g/mol. The molecule has 1 aliphatic heterocycles. The van der Waals surface area contributed by atoms with Crippen molar-refractivity contribution in [2.45, 2.75) is 47.5 Å². The normalized spacial score (nSPS) is 21.9. The summed E-state index contributed by atoms with van der Waals surface area (Å²) in [6.45, 7) is 15.7. The van der Waals surface area contributed by atoms with Crippen LogP contribution in [0.2, 0.25) is 0 Å². The molecule has 1 aliphatic rings. The van der Waals surface area contributed by atoms with Crippen LogP contribution in [0.5, 0.6) is 0 Å². The van der Waals surface area contributed by atoms with Gasteiger partial charge in [-0.2, -0.15) is 0 Å². The van der Waals surface area contributed by atoms with Crippen LogP contribution in [0.25, 0.3) is 0 Å². The van der Waals surface area contributed by atoms with Crippen LogP contribution >= 0.6 is 0 Å². The number of rotatable bonds is 2. The molecule has 1 saturated heterocycles. The van der Waals surface area contributed by atoms with E-state index < -0.39 is 0 Å². The van der Waals surface area contributed by atoms with Gasteiger partial charge in [0, 0.05) is 6.54 Å². The van der Waals surface area contributed by atoms with Gasteiger partial charge in [-0.1, -0.05) is 34.6 Å². The lowest BCUT2D eigenvalue weighted by Gasteiger charge is -2.39. The lowest BCUT2D eigenvalue weighted by atomic mass is 9.75. The Labute approximate surface area is 89.9 Å². The van der Waals surface area contributed by atoms with Crippen LogP contribution < -0.4 is 0 Å². The molecule has 0 aromatic carbocycles. The van der Waals surface area contributed by atoms with Crippen molar-refractivity contribution < 1.29 is 0 Å². The van der Waals surface area contributed by atoms with E-state index >= 15 is 0 Å². The summed E-state index contributed by atoms with van der Waals surface area (Å²) < 4.78 is 0. The van der Waals surface area contributed by atoms with Gasteiger partial charge in [0.1, 0.15) is 0 Å². The standard InChI is InChI=1S/C13H27N/c1-11(2)10-14-8-6-12(7-9-14)13(3,4)5/h11-12H,6-10H2,1-5H3. The number of nitrogens with zero attached hydrogens (tertiary/aromatic N) is 1. The average Bonchev–Trinajstić information content (AvgIpc) is 2.02. The molecule has 0 unspecified atom stereocenters. The van der Waals surface area contributed by atoms with E-state index in [1.165, 1.54) is 32.5 Å². The van der Waals surface area contributed by atoms with Gasteiger partial charge in [-0.05, 0) is 43.2 Å². The predicted molar refractivity (Wildman–Crippen MR) is 63.5 cm³/mol. The zero-order valence-electron chi connectivity index (χ0n) is 10.6. The highest BCUT2D eigenvalue weighted by atomic mass is 15.1. The van der Waals surface area contributed by atoms with E-state index in [9.17, 15) is 0 Å². The van der Waals surface area contributed by atoms with E-state index in [0.717, 1.165) is 11.8 Å². The first kappa shape index (κ1) is 12.0. The van der Waals surface area contributed by atoms with Crippen molar-refractivity contribution >= 4 is 0 Å².